The van der Waals surface area contributed by atoms with Gasteiger partial charge in [-0.25, -0.2) is 4.98 Å². The van der Waals surface area contributed by atoms with E-state index >= 15 is 0 Å². The number of amides is 1. The summed E-state index contributed by atoms with van der Waals surface area (Å²) < 4.78 is 2.06. The molecule has 0 atom stereocenters. The van der Waals surface area contributed by atoms with Crippen molar-refractivity contribution >= 4 is 51.7 Å². The van der Waals surface area contributed by atoms with E-state index in [1.165, 1.54) is 11.8 Å². The van der Waals surface area contributed by atoms with Gasteiger partial charge in [0.2, 0.25) is 0 Å². The predicted molar refractivity (Wildman–Crippen MR) is 133 cm³/mol. The number of hydrogen-bond donors (Lipinski definition) is 0. The molecule has 0 bridgehead atoms. The fourth-order valence-corrected chi connectivity index (χ4v) is 5.37. The van der Waals surface area contributed by atoms with Gasteiger partial charge in [-0.3, -0.25) is 18.9 Å². The first-order valence-electron chi connectivity index (χ1n) is 10.6. The van der Waals surface area contributed by atoms with Crippen LogP contribution in [0.15, 0.2) is 58.4 Å². The highest BCUT2D eigenvalue weighted by molar-refractivity contribution is 8.26. The number of hydrogen-bond acceptors (Lipinski definition) is 6. The summed E-state index contributed by atoms with van der Waals surface area (Å²) in [4.78, 5) is 35.7. The molecule has 0 spiro atoms. The Morgan fingerprint density at radius 1 is 1.09 bits per heavy atom. The second-order valence-corrected chi connectivity index (χ2v) is 9.66. The number of aryl methyl sites for hydroxylation is 1. The molecule has 32 heavy (non-hydrogen) atoms. The van der Waals surface area contributed by atoms with Crippen LogP contribution in [0, 0.1) is 6.92 Å². The molecule has 0 saturated carbocycles. The van der Waals surface area contributed by atoms with Gasteiger partial charge in [-0.15, -0.1) is 0 Å². The van der Waals surface area contributed by atoms with Gasteiger partial charge in [-0.1, -0.05) is 60.4 Å². The largest absolute Gasteiger partial charge is 0.356 e. The first-order valence-corrected chi connectivity index (χ1v) is 11.8. The van der Waals surface area contributed by atoms with Gasteiger partial charge in [-0.2, -0.15) is 0 Å². The summed E-state index contributed by atoms with van der Waals surface area (Å²) in [5.74, 6) is 0.472. The molecule has 3 aromatic rings. The summed E-state index contributed by atoms with van der Waals surface area (Å²) in [6, 6.07) is 13.5. The van der Waals surface area contributed by atoms with Crippen molar-refractivity contribution in [2.75, 3.05) is 18.0 Å². The van der Waals surface area contributed by atoms with Crippen molar-refractivity contribution in [2.45, 2.75) is 26.3 Å². The first-order chi connectivity index (χ1) is 15.5. The summed E-state index contributed by atoms with van der Waals surface area (Å²) in [5.41, 5.74) is 2.86. The van der Waals surface area contributed by atoms with Crippen LogP contribution in [0.5, 0.6) is 0 Å². The number of carbonyl (C=O) groups is 1. The summed E-state index contributed by atoms with van der Waals surface area (Å²) in [7, 11) is 0. The average Bonchev–Trinajstić information content (AvgIpc) is 3.42. The molecule has 0 unspecified atom stereocenters. The van der Waals surface area contributed by atoms with E-state index in [2.05, 4.69) is 4.90 Å². The maximum absolute atomic E-state index is 13.5. The van der Waals surface area contributed by atoms with Crippen molar-refractivity contribution in [1.29, 1.82) is 0 Å². The Morgan fingerprint density at radius 2 is 1.84 bits per heavy atom. The monoisotopic (exact) mass is 462 g/mol. The van der Waals surface area contributed by atoms with Crippen LogP contribution in [0.2, 0.25) is 0 Å². The highest BCUT2D eigenvalue weighted by Gasteiger charge is 2.33. The fourth-order valence-electron chi connectivity index (χ4n) is 4.13. The fraction of sp³-hybridized carbons (Fsp3) is 0.250. The molecule has 0 radical (unpaired) electrons. The Kier molecular flexibility index (Phi) is 5.57. The third kappa shape index (κ3) is 3.73. The van der Waals surface area contributed by atoms with Crippen LogP contribution in [0.4, 0.5) is 5.82 Å². The molecular formula is C24H22N4O2S2. The number of rotatable bonds is 4. The third-order valence-corrected chi connectivity index (χ3v) is 7.18. The van der Waals surface area contributed by atoms with Gasteiger partial charge in [0.25, 0.3) is 11.5 Å². The molecule has 6 nitrogen and oxygen atoms in total. The Labute approximate surface area is 195 Å². The van der Waals surface area contributed by atoms with Crippen LogP contribution in [0.25, 0.3) is 11.7 Å². The number of anilines is 1. The van der Waals surface area contributed by atoms with Gasteiger partial charge in [-0.05, 0) is 43.0 Å². The number of benzene rings is 1. The predicted octanol–water partition coefficient (Wildman–Crippen LogP) is 4.00. The molecule has 1 aromatic carbocycles. The van der Waals surface area contributed by atoms with Gasteiger partial charge in [0.15, 0.2) is 0 Å². The van der Waals surface area contributed by atoms with Crippen molar-refractivity contribution in [3.63, 3.8) is 0 Å². The molecule has 0 N–H and O–H groups in total. The summed E-state index contributed by atoms with van der Waals surface area (Å²) in [6.45, 7) is 4.06. The van der Waals surface area contributed by atoms with Crippen LogP contribution in [0.3, 0.4) is 0 Å². The number of pyridine rings is 1. The Hall–Kier alpha value is -2.97. The Morgan fingerprint density at radius 3 is 2.59 bits per heavy atom. The first kappa shape index (κ1) is 20.9. The zero-order valence-electron chi connectivity index (χ0n) is 17.7. The highest BCUT2D eigenvalue weighted by Crippen LogP contribution is 2.35. The van der Waals surface area contributed by atoms with Crippen molar-refractivity contribution in [3.05, 3.63) is 80.6 Å². The molecule has 0 aliphatic carbocycles. The number of nitrogens with zero attached hydrogens (tertiary/aromatic N) is 4. The van der Waals surface area contributed by atoms with Gasteiger partial charge in [0, 0.05) is 19.3 Å². The van der Waals surface area contributed by atoms with Gasteiger partial charge in [0.05, 0.1) is 17.0 Å². The minimum Gasteiger partial charge on any atom is -0.356 e. The number of carbonyl (C=O) groups excluding carboxylic acids is 1. The quantitative estimate of drug-likeness (QED) is 0.431. The van der Waals surface area contributed by atoms with E-state index < -0.39 is 0 Å². The topological polar surface area (TPSA) is 57.9 Å². The molecular weight excluding hydrogens is 440 g/mol. The molecule has 5 rings (SSSR count). The SMILES string of the molecule is Cc1cccn2c(=O)c(/C=C3/SC(=S)N(Cc4ccccc4)C3=O)c(N3CCCC3)nc12. The molecule has 2 saturated heterocycles. The maximum Gasteiger partial charge on any atom is 0.267 e. The standard InChI is InChI=1S/C24H22N4O2S2/c1-16-8-7-13-27-20(16)25-21(26-11-5-6-12-26)18(22(27)29)14-19-23(30)28(24(31)32-19)15-17-9-3-2-4-10-17/h2-4,7-10,13-14H,5-6,11-12,15H2,1H3/b19-14+. The summed E-state index contributed by atoms with van der Waals surface area (Å²) in [5, 5.41) is 0. The number of thiocarbonyl (C=S) groups is 1. The number of thioether (sulfide) groups is 1. The second-order valence-electron chi connectivity index (χ2n) is 7.99. The van der Waals surface area contributed by atoms with Gasteiger partial charge >= 0.3 is 0 Å². The lowest BCUT2D eigenvalue weighted by atomic mass is 10.2. The van der Waals surface area contributed by atoms with Crippen LogP contribution in [-0.2, 0) is 11.3 Å². The summed E-state index contributed by atoms with van der Waals surface area (Å²) in [6.07, 6.45) is 5.53. The van der Waals surface area contributed by atoms with Gasteiger partial charge < -0.3 is 4.90 Å². The lowest BCUT2D eigenvalue weighted by Gasteiger charge is -2.20. The zero-order valence-corrected chi connectivity index (χ0v) is 19.3. The van der Waals surface area contributed by atoms with Crippen molar-refractivity contribution in [3.8, 4) is 0 Å². The smallest absolute Gasteiger partial charge is 0.267 e. The minimum atomic E-state index is -0.176. The molecule has 1 amide bonds. The van der Waals surface area contributed by atoms with E-state index in [1.54, 1.807) is 21.6 Å². The Balaban J connectivity index is 1.59. The van der Waals surface area contributed by atoms with E-state index in [9.17, 15) is 9.59 Å². The van der Waals surface area contributed by atoms with Crippen LogP contribution < -0.4 is 10.5 Å². The van der Waals surface area contributed by atoms with Crippen LogP contribution in [-0.4, -0.2) is 37.6 Å². The van der Waals surface area contributed by atoms with Crippen molar-refractivity contribution < 1.29 is 4.79 Å². The van der Waals surface area contributed by atoms with Crippen molar-refractivity contribution in [2.24, 2.45) is 0 Å². The molecule has 162 valence electrons. The van der Waals surface area contributed by atoms with E-state index in [0.717, 1.165) is 37.1 Å². The van der Waals surface area contributed by atoms with Crippen LogP contribution in [0.1, 0.15) is 29.5 Å². The Bertz CT molecular complexity index is 1310. The van der Waals surface area contributed by atoms with Crippen LogP contribution >= 0.6 is 24.0 Å². The third-order valence-electron chi connectivity index (χ3n) is 5.80. The molecule has 2 aliphatic heterocycles. The lowest BCUT2D eigenvalue weighted by Crippen LogP contribution is -2.28. The van der Waals surface area contributed by atoms with E-state index in [4.69, 9.17) is 17.2 Å². The van der Waals surface area contributed by atoms with Crippen molar-refractivity contribution in [1.82, 2.24) is 14.3 Å². The van der Waals surface area contributed by atoms with E-state index in [1.807, 2.05) is 49.4 Å². The number of aromatic nitrogens is 2. The zero-order chi connectivity index (χ0) is 22.2. The molecule has 2 aliphatic rings. The normalized spacial score (nSPS) is 17.8. The average molecular weight is 463 g/mol. The molecule has 4 heterocycles. The minimum absolute atomic E-state index is 0.172. The molecule has 2 aromatic heterocycles. The maximum atomic E-state index is 13.5. The van der Waals surface area contributed by atoms with Gasteiger partial charge in [0.1, 0.15) is 15.8 Å². The van der Waals surface area contributed by atoms with E-state index in [-0.39, 0.29) is 11.5 Å². The highest BCUT2D eigenvalue weighted by atomic mass is 32.2. The van der Waals surface area contributed by atoms with E-state index in [0.29, 0.717) is 32.8 Å². The lowest BCUT2D eigenvalue weighted by molar-refractivity contribution is -0.122. The molecule has 8 heteroatoms. The summed E-state index contributed by atoms with van der Waals surface area (Å²) >= 11 is 6.73. The second kappa shape index (κ2) is 8.52. The number of fused-ring (bicyclic) bond motifs is 1. The molecule has 2 fully saturated rings.